The molecule has 0 rings (SSSR count). The van der Waals surface area contributed by atoms with Gasteiger partial charge in [-0.05, 0) is 19.8 Å². The third-order valence-electron chi connectivity index (χ3n) is 3.51. The first-order valence-corrected chi connectivity index (χ1v) is 6.17. The van der Waals surface area contributed by atoms with Gasteiger partial charge in [0, 0.05) is 19.5 Å². The van der Waals surface area contributed by atoms with Crippen molar-refractivity contribution < 1.29 is 14.7 Å². The average Bonchev–Trinajstić information content (AvgIpc) is 2.29. The van der Waals surface area contributed by atoms with E-state index in [9.17, 15) is 14.7 Å². The summed E-state index contributed by atoms with van der Waals surface area (Å²) in [5, 5.41) is 17.8. The first-order valence-electron chi connectivity index (χ1n) is 6.17. The van der Waals surface area contributed by atoms with Crippen LogP contribution in [0.3, 0.4) is 0 Å². The van der Waals surface area contributed by atoms with E-state index < -0.39 is 11.4 Å². The van der Waals surface area contributed by atoms with Gasteiger partial charge in [-0.2, -0.15) is 5.26 Å². The summed E-state index contributed by atoms with van der Waals surface area (Å²) in [7, 11) is 0. The molecule has 102 valence electrons. The van der Waals surface area contributed by atoms with Gasteiger partial charge in [0.15, 0.2) is 0 Å². The Bertz CT molecular complexity index is 347. The predicted octanol–water partition coefficient (Wildman–Crippen LogP) is 1.89. The number of aliphatic carboxylic acids is 1. The Labute approximate surface area is 108 Å². The van der Waals surface area contributed by atoms with Gasteiger partial charge in [-0.3, -0.25) is 9.59 Å². The molecule has 0 spiro atoms. The van der Waals surface area contributed by atoms with Gasteiger partial charge in [-0.25, -0.2) is 0 Å². The van der Waals surface area contributed by atoms with Gasteiger partial charge in [0.05, 0.1) is 17.9 Å². The van der Waals surface area contributed by atoms with Crippen LogP contribution in [0, 0.1) is 22.7 Å². The van der Waals surface area contributed by atoms with Crippen LogP contribution in [0.2, 0.25) is 0 Å². The van der Waals surface area contributed by atoms with Gasteiger partial charge in [0.2, 0.25) is 5.91 Å². The van der Waals surface area contributed by atoms with E-state index in [0.717, 1.165) is 0 Å². The molecule has 1 amide bonds. The molecule has 0 aromatic rings. The highest BCUT2D eigenvalue weighted by molar-refractivity contribution is 5.85. The molecule has 0 aliphatic carbocycles. The van der Waals surface area contributed by atoms with Crippen LogP contribution in [-0.4, -0.2) is 35.0 Å². The topological polar surface area (TPSA) is 81.4 Å². The molecule has 18 heavy (non-hydrogen) atoms. The van der Waals surface area contributed by atoms with E-state index in [2.05, 4.69) is 0 Å². The third kappa shape index (κ3) is 4.02. The SMILES string of the molecule is CCN(CCC#N)C(=O)CC(C)(C(=O)O)C(C)C. The minimum atomic E-state index is -1.06. The minimum Gasteiger partial charge on any atom is -0.481 e. The number of nitriles is 1. The Kier molecular flexibility index (Phi) is 6.39. The van der Waals surface area contributed by atoms with Crippen molar-refractivity contribution in [3.63, 3.8) is 0 Å². The number of amides is 1. The van der Waals surface area contributed by atoms with Crippen molar-refractivity contribution in [2.45, 2.75) is 40.5 Å². The summed E-state index contributed by atoms with van der Waals surface area (Å²) in [5.74, 6) is -1.29. The summed E-state index contributed by atoms with van der Waals surface area (Å²) < 4.78 is 0. The summed E-state index contributed by atoms with van der Waals surface area (Å²) in [4.78, 5) is 24.9. The maximum atomic E-state index is 12.1. The number of carbonyl (C=O) groups excluding carboxylic acids is 1. The van der Waals surface area contributed by atoms with E-state index in [1.165, 1.54) is 4.90 Å². The lowest BCUT2D eigenvalue weighted by Crippen LogP contribution is -2.41. The molecule has 0 aliphatic heterocycles. The molecule has 0 bridgehead atoms. The Hall–Kier alpha value is -1.57. The van der Waals surface area contributed by atoms with Gasteiger partial charge < -0.3 is 10.0 Å². The van der Waals surface area contributed by atoms with Crippen molar-refractivity contribution in [3.05, 3.63) is 0 Å². The smallest absolute Gasteiger partial charge is 0.310 e. The second-order valence-electron chi connectivity index (χ2n) is 4.94. The fourth-order valence-corrected chi connectivity index (χ4v) is 1.60. The summed E-state index contributed by atoms with van der Waals surface area (Å²) in [6.45, 7) is 7.87. The lowest BCUT2D eigenvalue weighted by Gasteiger charge is -2.31. The van der Waals surface area contributed by atoms with Crippen molar-refractivity contribution in [1.82, 2.24) is 4.90 Å². The highest BCUT2D eigenvalue weighted by Crippen LogP contribution is 2.32. The molecule has 1 unspecified atom stereocenters. The molecule has 0 fully saturated rings. The molecular weight excluding hydrogens is 232 g/mol. The van der Waals surface area contributed by atoms with Crippen LogP contribution in [0.25, 0.3) is 0 Å². The molecule has 0 aromatic heterocycles. The molecule has 0 aliphatic rings. The van der Waals surface area contributed by atoms with Crippen LogP contribution in [0.15, 0.2) is 0 Å². The number of carboxylic acid groups (broad SMARTS) is 1. The summed E-state index contributed by atoms with van der Waals surface area (Å²) in [5.41, 5.74) is -1.06. The van der Waals surface area contributed by atoms with E-state index in [0.29, 0.717) is 13.1 Å². The van der Waals surface area contributed by atoms with E-state index in [-0.39, 0.29) is 24.7 Å². The molecule has 0 aromatic carbocycles. The zero-order chi connectivity index (χ0) is 14.3. The number of nitrogens with zero attached hydrogens (tertiary/aromatic N) is 2. The molecular formula is C13H22N2O3. The van der Waals surface area contributed by atoms with Crippen molar-refractivity contribution in [2.75, 3.05) is 13.1 Å². The van der Waals surface area contributed by atoms with Crippen LogP contribution >= 0.6 is 0 Å². The van der Waals surface area contributed by atoms with Gasteiger partial charge >= 0.3 is 5.97 Å². The standard InChI is InChI=1S/C13H22N2O3/c1-5-15(8-6-7-14)11(16)9-13(4,10(2)3)12(17)18/h10H,5-6,8-9H2,1-4H3,(H,17,18). The second kappa shape index (κ2) is 7.00. The summed E-state index contributed by atoms with van der Waals surface area (Å²) in [6.07, 6.45) is 0.240. The van der Waals surface area contributed by atoms with Gasteiger partial charge in [0.1, 0.15) is 0 Å². The van der Waals surface area contributed by atoms with Crippen LogP contribution in [0.4, 0.5) is 0 Å². The number of hydrogen-bond donors (Lipinski definition) is 1. The van der Waals surface area contributed by atoms with E-state index >= 15 is 0 Å². The van der Waals surface area contributed by atoms with Crippen LogP contribution < -0.4 is 0 Å². The Morgan fingerprint density at radius 2 is 2.00 bits per heavy atom. The van der Waals surface area contributed by atoms with E-state index in [1.807, 2.05) is 13.0 Å². The zero-order valence-corrected chi connectivity index (χ0v) is 11.6. The molecule has 1 atom stereocenters. The number of carboxylic acids is 1. The van der Waals surface area contributed by atoms with Gasteiger partial charge in [0.25, 0.3) is 0 Å². The second-order valence-corrected chi connectivity index (χ2v) is 4.94. The first-order chi connectivity index (χ1) is 8.29. The Morgan fingerprint density at radius 1 is 1.44 bits per heavy atom. The van der Waals surface area contributed by atoms with Gasteiger partial charge in [-0.15, -0.1) is 0 Å². The highest BCUT2D eigenvalue weighted by atomic mass is 16.4. The van der Waals surface area contributed by atoms with Crippen molar-refractivity contribution in [2.24, 2.45) is 11.3 Å². The van der Waals surface area contributed by atoms with E-state index in [4.69, 9.17) is 5.26 Å². The van der Waals surface area contributed by atoms with Crippen molar-refractivity contribution in [1.29, 1.82) is 5.26 Å². The molecule has 0 heterocycles. The normalized spacial score (nSPS) is 13.8. The average molecular weight is 254 g/mol. The molecule has 0 radical (unpaired) electrons. The van der Waals surface area contributed by atoms with Crippen molar-refractivity contribution >= 4 is 11.9 Å². The molecule has 0 saturated carbocycles. The largest absolute Gasteiger partial charge is 0.481 e. The van der Waals surface area contributed by atoms with Crippen LogP contribution in [0.1, 0.15) is 40.5 Å². The van der Waals surface area contributed by atoms with Crippen LogP contribution in [-0.2, 0) is 9.59 Å². The minimum absolute atomic E-state index is 0.0285. The monoisotopic (exact) mass is 254 g/mol. The number of hydrogen-bond acceptors (Lipinski definition) is 3. The maximum absolute atomic E-state index is 12.1. The quantitative estimate of drug-likeness (QED) is 0.752. The molecule has 5 nitrogen and oxygen atoms in total. The first kappa shape index (κ1) is 16.4. The third-order valence-corrected chi connectivity index (χ3v) is 3.51. The number of rotatable bonds is 7. The highest BCUT2D eigenvalue weighted by Gasteiger charge is 2.39. The fourth-order valence-electron chi connectivity index (χ4n) is 1.60. The molecule has 1 N–H and O–H groups in total. The van der Waals surface area contributed by atoms with Gasteiger partial charge in [-0.1, -0.05) is 13.8 Å². The molecule has 5 heteroatoms. The van der Waals surface area contributed by atoms with E-state index in [1.54, 1.807) is 20.8 Å². The van der Waals surface area contributed by atoms with Crippen LogP contribution in [0.5, 0.6) is 0 Å². The molecule has 0 saturated heterocycles. The summed E-state index contributed by atoms with van der Waals surface area (Å²) >= 11 is 0. The van der Waals surface area contributed by atoms with Crippen molar-refractivity contribution in [3.8, 4) is 6.07 Å². The fraction of sp³-hybridized carbons (Fsp3) is 0.769. The Morgan fingerprint density at radius 3 is 2.33 bits per heavy atom. The Balaban J connectivity index is 4.79. The lowest BCUT2D eigenvalue weighted by atomic mass is 9.76. The number of carbonyl (C=O) groups is 2. The predicted molar refractivity (Wildman–Crippen MR) is 67.7 cm³/mol. The maximum Gasteiger partial charge on any atom is 0.310 e. The summed E-state index contributed by atoms with van der Waals surface area (Å²) in [6, 6.07) is 1.99. The lowest BCUT2D eigenvalue weighted by molar-refractivity contribution is -0.155. The zero-order valence-electron chi connectivity index (χ0n) is 11.6.